The van der Waals surface area contributed by atoms with Gasteiger partial charge in [0.05, 0.1) is 22.1 Å². The summed E-state index contributed by atoms with van der Waals surface area (Å²) in [5.41, 5.74) is -1.27. The number of carbonyl (C=O) groups excluding carboxylic acids is 1. The SMILES string of the molecule is COC1CCC(Oc2ccc3c(O)c(NC(=O)c4ccc(Cl)c(Oc5ccc(F)cc5)c4)c(=O)oc3c2C)OC1(C)C. The summed E-state index contributed by atoms with van der Waals surface area (Å²) < 4.78 is 42.1. The van der Waals surface area contributed by atoms with E-state index in [1.54, 1.807) is 20.1 Å². The Balaban J connectivity index is 1.37. The molecule has 5 rings (SSSR count). The summed E-state index contributed by atoms with van der Waals surface area (Å²) in [5, 5.41) is 13.8. The van der Waals surface area contributed by atoms with Crippen LogP contribution in [0.3, 0.4) is 0 Å². The minimum Gasteiger partial charge on any atom is -0.505 e. The quantitative estimate of drug-likeness (QED) is 0.220. The number of aryl methyl sites for hydroxylation is 1. The van der Waals surface area contributed by atoms with Crippen LogP contribution in [0.4, 0.5) is 10.1 Å². The maximum atomic E-state index is 13.2. The third kappa shape index (κ3) is 5.92. The van der Waals surface area contributed by atoms with E-state index in [1.165, 1.54) is 48.5 Å². The van der Waals surface area contributed by atoms with Crippen LogP contribution in [0.2, 0.25) is 5.02 Å². The second-order valence-corrected chi connectivity index (χ2v) is 10.8. The Morgan fingerprint density at radius 2 is 1.83 bits per heavy atom. The van der Waals surface area contributed by atoms with Gasteiger partial charge < -0.3 is 33.8 Å². The first-order chi connectivity index (χ1) is 20.0. The zero-order chi connectivity index (χ0) is 30.2. The Hall–Kier alpha value is -4.12. The van der Waals surface area contributed by atoms with E-state index in [-0.39, 0.29) is 33.4 Å². The third-order valence-electron chi connectivity index (χ3n) is 7.14. The minimum atomic E-state index is -0.955. The number of aromatic hydroxyl groups is 1. The number of amides is 1. The monoisotopic (exact) mass is 597 g/mol. The summed E-state index contributed by atoms with van der Waals surface area (Å²) in [7, 11) is 1.65. The third-order valence-corrected chi connectivity index (χ3v) is 7.45. The average molecular weight is 598 g/mol. The number of halogens is 2. The van der Waals surface area contributed by atoms with Crippen LogP contribution < -0.4 is 20.4 Å². The molecule has 2 unspecified atom stereocenters. The number of rotatable bonds is 7. The molecule has 1 amide bonds. The van der Waals surface area contributed by atoms with E-state index in [9.17, 15) is 19.1 Å². The molecule has 1 fully saturated rings. The molecule has 0 bridgehead atoms. The molecular formula is C31H29ClFNO8. The number of hydrogen-bond acceptors (Lipinski definition) is 8. The van der Waals surface area contributed by atoms with E-state index < -0.39 is 40.7 Å². The maximum Gasteiger partial charge on any atom is 0.364 e. The molecule has 1 aliphatic heterocycles. The van der Waals surface area contributed by atoms with Crippen molar-refractivity contribution < 1.29 is 37.7 Å². The van der Waals surface area contributed by atoms with Crippen LogP contribution in [0.25, 0.3) is 11.0 Å². The summed E-state index contributed by atoms with van der Waals surface area (Å²) in [6.07, 6.45) is 0.729. The molecule has 1 aliphatic rings. The number of benzene rings is 3. The molecule has 0 aliphatic carbocycles. The molecule has 42 heavy (non-hydrogen) atoms. The molecule has 3 aromatic carbocycles. The Morgan fingerprint density at radius 1 is 1.10 bits per heavy atom. The van der Waals surface area contributed by atoms with Gasteiger partial charge in [0.25, 0.3) is 5.91 Å². The van der Waals surface area contributed by atoms with Crippen LogP contribution in [-0.4, -0.2) is 36.1 Å². The lowest BCUT2D eigenvalue weighted by Crippen LogP contribution is -2.49. The topological polar surface area (TPSA) is 116 Å². The molecule has 0 radical (unpaired) electrons. The zero-order valence-electron chi connectivity index (χ0n) is 23.3. The maximum absolute atomic E-state index is 13.2. The highest BCUT2D eigenvalue weighted by Gasteiger charge is 2.39. The van der Waals surface area contributed by atoms with Crippen LogP contribution in [0, 0.1) is 12.7 Å². The number of fused-ring (bicyclic) bond motifs is 1. The fourth-order valence-corrected chi connectivity index (χ4v) is 5.03. The molecule has 2 atom stereocenters. The van der Waals surface area contributed by atoms with Crippen molar-refractivity contribution in [3.8, 4) is 23.0 Å². The van der Waals surface area contributed by atoms with Crippen molar-refractivity contribution in [2.45, 2.75) is 51.6 Å². The summed E-state index contributed by atoms with van der Waals surface area (Å²) in [6.45, 7) is 5.56. The lowest BCUT2D eigenvalue weighted by Gasteiger charge is -2.41. The molecule has 0 saturated carbocycles. The van der Waals surface area contributed by atoms with Crippen LogP contribution in [-0.2, 0) is 9.47 Å². The molecule has 1 saturated heterocycles. The zero-order valence-corrected chi connectivity index (χ0v) is 24.1. The lowest BCUT2D eigenvalue weighted by molar-refractivity contribution is -0.233. The number of anilines is 1. The fourth-order valence-electron chi connectivity index (χ4n) is 4.88. The first kappa shape index (κ1) is 29.4. The lowest BCUT2D eigenvalue weighted by atomic mass is 9.94. The molecule has 9 nitrogen and oxygen atoms in total. The summed E-state index contributed by atoms with van der Waals surface area (Å²) in [5.74, 6) is -0.747. The van der Waals surface area contributed by atoms with Gasteiger partial charge in [-0.2, -0.15) is 0 Å². The van der Waals surface area contributed by atoms with Crippen LogP contribution >= 0.6 is 11.6 Å². The molecule has 11 heteroatoms. The summed E-state index contributed by atoms with van der Waals surface area (Å²) in [6, 6.07) is 12.7. The van der Waals surface area contributed by atoms with Gasteiger partial charge in [0, 0.05) is 24.7 Å². The van der Waals surface area contributed by atoms with Gasteiger partial charge in [-0.15, -0.1) is 0 Å². The van der Waals surface area contributed by atoms with Crippen molar-refractivity contribution >= 4 is 34.2 Å². The highest BCUT2D eigenvalue weighted by Crippen LogP contribution is 2.38. The number of nitrogens with one attached hydrogen (secondary N) is 1. The van der Waals surface area contributed by atoms with Crippen molar-refractivity contribution in [2.75, 3.05) is 12.4 Å². The molecule has 0 spiro atoms. The van der Waals surface area contributed by atoms with Gasteiger partial charge in [-0.25, -0.2) is 9.18 Å². The predicted octanol–water partition coefficient (Wildman–Crippen LogP) is 6.95. The van der Waals surface area contributed by atoms with Crippen LogP contribution in [0.15, 0.2) is 63.8 Å². The second-order valence-electron chi connectivity index (χ2n) is 10.4. The highest BCUT2D eigenvalue weighted by atomic mass is 35.5. The molecule has 4 aromatic rings. The van der Waals surface area contributed by atoms with Gasteiger partial charge in [-0.3, -0.25) is 4.79 Å². The van der Waals surface area contributed by atoms with Gasteiger partial charge in [-0.1, -0.05) is 11.6 Å². The normalized spacial score (nSPS) is 18.0. The van der Waals surface area contributed by atoms with E-state index in [0.717, 1.165) is 6.42 Å². The van der Waals surface area contributed by atoms with E-state index in [0.29, 0.717) is 23.5 Å². The molecular weight excluding hydrogens is 569 g/mol. The van der Waals surface area contributed by atoms with Gasteiger partial charge in [-0.05, 0) is 81.8 Å². The fraction of sp³-hybridized carbons (Fsp3) is 0.290. The van der Waals surface area contributed by atoms with Gasteiger partial charge in [0.15, 0.2) is 11.4 Å². The van der Waals surface area contributed by atoms with E-state index >= 15 is 0 Å². The van der Waals surface area contributed by atoms with Crippen molar-refractivity contribution in [2.24, 2.45) is 0 Å². The van der Waals surface area contributed by atoms with E-state index in [2.05, 4.69) is 5.32 Å². The predicted molar refractivity (Wildman–Crippen MR) is 154 cm³/mol. The van der Waals surface area contributed by atoms with Gasteiger partial charge in [0.1, 0.15) is 28.6 Å². The Kier molecular flexibility index (Phi) is 8.14. The first-order valence-electron chi connectivity index (χ1n) is 13.2. The molecule has 220 valence electrons. The largest absolute Gasteiger partial charge is 0.505 e. The second kappa shape index (κ2) is 11.6. The van der Waals surface area contributed by atoms with Crippen LogP contribution in [0.1, 0.15) is 42.6 Å². The van der Waals surface area contributed by atoms with E-state index in [4.69, 9.17) is 35.0 Å². The number of hydrogen-bond donors (Lipinski definition) is 2. The smallest absolute Gasteiger partial charge is 0.364 e. The van der Waals surface area contributed by atoms with Crippen molar-refractivity contribution in [1.29, 1.82) is 0 Å². The van der Waals surface area contributed by atoms with Crippen LogP contribution in [0.5, 0.6) is 23.0 Å². The van der Waals surface area contributed by atoms with Crippen molar-refractivity contribution in [3.63, 3.8) is 0 Å². The van der Waals surface area contributed by atoms with E-state index in [1.807, 2.05) is 13.8 Å². The minimum absolute atomic E-state index is 0.0690. The van der Waals surface area contributed by atoms with Gasteiger partial charge in [0.2, 0.25) is 6.29 Å². The number of ether oxygens (including phenoxy) is 4. The Morgan fingerprint density at radius 3 is 2.52 bits per heavy atom. The standard InChI is InChI=1S/C31H29ClFNO8/c1-16-22(40-25-14-13-24(38-4)31(2,3)42-25)12-10-20-27(35)26(30(37)41-28(16)20)34-29(36)17-5-11-21(32)23(15-17)39-19-8-6-18(33)7-9-19/h5-12,15,24-25,35H,13-14H2,1-4H3,(H,34,36). The summed E-state index contributed by atoms with van der Waals surface area (Å²) in [4.78, 5) is 26.0. The average Bonchev–Trinajstić information content (AvgIpc) is 2.94. The molecule has 2 N–H and O–H groups in total. The van der Waals surface area contributed by atoms with Gasteiger partial charge >= 0.3 is 5.63 Å². The summed E-state index contributed by atoms with van der Waals surface area (Å²) >= 11 is 6.21. The van der Waals surface area contributed by atoms with Crippen molar-refractivity contribution in [1.82, 2.24) is 0 Å². The Labute approximate surface area is 245 Å². The molecule has 2 heterocycles. The first-order valence-corrected chi connectivity index (χ1v) is 13.6. The highest BCUT2D eigenvalue weighted by molar-refractivity contribution is 6.32. The molecule has 1 aromatic heterocycles. The number of carbonyl (C=O) groups is 1. The van der Waals surface area contributed by atoms with Crippen molar-refractivity contribution in [3.05, 3.63) is 87.0 Å². The Bertz CT molecular complexity index is 1700. The number of methoxy groups -OCH3 is 1.